The number of rotatable bonds is 3. The Morgan fingerprint density at radius 1 is 1.23 bits per heavy atom. The van der Waals surface area contributed by atoms with Crippen LogP contribution in [0.1, 0.15) is 12.8 Å². The second-order valence-corrected chi connectivity index (χ2v) is 6.20. The monoisotopic (exact) mass is 302 g/mol. The van der Waals surface area contributed by atoms with Gasteiger partial charge in [0.05, 0.1) is 24.8 Å². The van der Waals surface area contributed by atoms with E-state index in [4.69, 9.17) is 4.74 Å². The van der Waals surface area contributed by atoms with Gasteiger partial charge in [-0.15, -0.1) is 0 Å². The minimum absolute atomic E-state index is 0.698. The molecule has 0 amide bonds. The molecule has 22 heavy (non-hydrogen) atoms. The molecule has 2 fully saturated rings. The summed E-state index contributed by atoms with van der Waals surface area (Å²) < 4.78 is 5.44. The smallest absolute Gasteiger partial charge is 0.160 e. The maximum Gasteiger partial charge on any atom is 0.160 e. The molecule has 4 rings (SSSR count). The van der Waals surface area contributed by atoms with Gasteiger partial charge in [-0.1, -0.05) is 0 Å². The van der Waals surface area contributed by atoms with Crippen LogP contribution in [0.2, 0.25) is 0 Å². The molecule has 4 heterocycles. The summed E-state index contributed by atoms with van der Waals surface area (Å²) in [5.41, 5.74) is 0.820. The van der Waals surface area contributed by atoms with Crippen LogP contribution in [0.25, 0.3) is 11.0 Å². The van der Waals surface area contributed by atoms with Crippen LogP contribution in [-0.2, 0) is 4.74 Å². The molecular formula is C15H22N6O. The van der Waals surface area contributed by atoms with E-state index in [-0.39, 0.29) is 0 Å². The molecule has 7 heteroatoms. The van der Waals surface area contributed by atoms with Crippen molar-refractivity contribution >= 4 is 16.9 Å². The van der Waals surface area contributed by atoms with Gasteiger partial charge in [-0.05, 0) is 18.8 Å². The zero-order valence-corrected chi connectivity index (χ0v) is 12.7. The van der Waals surface area contributed by atoms with Crippen LogP contribution < -0.4 is 4.90 Å². The lowest BCUT2D eigenvalue weighted by Gasteiger charge is -2.37. The van der Waals surface area contributed by atoms with Gasteiger partial charge < -0.3 is 9.64 Å². The molecule has 0 aliphatic carbocycles. The molecule has 7 nitrogen and oxygen atoms in total. The third kappa shape index (κ3) is 2.78. The second-order valence-electron chi connectivity index (χ2n) is 6.20. The number of morpholine rings is 1. The van der Waals surface area contributed by atoms with Gasteiger partial charge in [-0.3, -0.25) is 10.00 Å². The Hall–Kier alpha value is -1.73. The van der Waals surface area contributed by atoms with Gasteiger partial charge in [0.15, 0.2) is 5.65 Å². The Morgan fingerprint density at radius 3 is 3.05 bits per heavy atom. The van der Waals surface area contributed by atoms with Crippen molar-refractivity contribution in [1.82, 2.24) is 25.1 Å². The standard InChI is InChI=1S/C15H22N6O/c1-2-12(9-20-4-6-22-7-5-20)10-21(3-1)15-13-8-18-19-14(13)16-11-17-15/h8,11-12H,1-7,9-10H2,(H,16,17,18,19). The van der Waals surface area contributed by atoms with Crippen molar-refractivity contribution in [2.75, 3.05) is 50.8 Å². The van der Waals surface area contributed by atoms with Crippen molar-refractivity contribution in [3.05, 3.63) is 12.5 Å². The van der Waals surface area contributed by atoms with Crippen LogP contribution in [0.4, 0.5) is 5.82 Å². The van der Waals surface area contributed by atoms with E-state index in [0.717, 1.165) is 56.2 Å². The number of nitrogens with one attached hydrogen (secondary N) is 1. The third-order valence-corrected chi connectivity index (χ3v) is 4.67. The minimum Gasteiger partial charge on any atom is -0.379 e. The molecule has 2 aromatic heterocycles. The number of piperidine rings is 1. The molecule has 0 radical (unpaired) electrons. The van der Waals surface area contributed by atoms with Crippen molar-refractivity contribution < 1.29 is 4.74 Å². The number of H-pyrrole nitrogens is 1. The van der Waals surface area contributed by atoms with E-state index in [1.807, 2.05) is 6.20 Å². The van der Waals surface area contributed by atoms with Crippen molar-refractivity contribution in [1.29, 1.82) is 0 Å². The second kappa shape index (κ2) is 6.18. The van der Waals surface area contributed by atoms with Gasteiger partial charge >= 0.3 is 0 Å². The topological polar surface area (TPSA) is 70.2 Å². The summed E-state index contributed by atoms with van der Waals surface area (Å²) in [5.74, 6) is 1.72. The SMILES string of the molecule is c1nc(N2CCCC(CN3CCOCC3)C2)c2cn[nH]c2n1. The summed E-state index contributed by atoms with van der Waals surface area (Å²) in [6.45, 7) is 7.17. The lowest BCUT2D eigenvalue weighted by Crippen LogP contribution is -2.44. The first kappa shape index (κ1) is 13.9. The molecule has 2 saturated heterocycles. The van der Waals surface area contributed by atoms with Gasteiger partial charge in [0.25, 0.3) is 0 Å². The Bertz CT molecular complexity index is 623. The molecule has 2 aliphatic rings. The Labute approximate surface area is 129 Å². The van der Waals surface area contributed by atoms with E-state index in [9.17, 15) is 0 Å². The van der Waals surface area contributed by atoms with Gasteiger partial charge in [-0.25, -0.2) is 9.97 Å². The summed E-state index contributed by atoms with van der Waals surface area (Å²) in [4.78, 5) is 13.7. The predicted molar refractivity (Wildman–Crippen MR) is 83.9 cm³/mol. The Kier molecular flexibility index (Phi) is 3.90. The molecule has 0 saturated carbocycles. The molecule has 0 aromatic carbocycles. The zero-order valence-electron chi connectivity index (χ0n) is 12.7. The number of aromatic nitrogens is 4. The number of anilines is 1. The average Bonchev–Trinajstić information content (AvgIpc) is 3.04. The van der Waals surface area contributed by atoms with Crippen molar-refractivity contribution in [3.8, 4) is 0 Å². The molecule has 1 N–H and O–H groups in total. The molecule has 118 valence electrons. The highest BCUT2D eigenvalue weighted by Crippen LogP contribution is 2.26. The molecule has 0 bridgehead atoms. The molecule has 1 unspecified atom stereocenters. The van der Waals surface area contributed by atoms with E-state index in [2.05, 4.69) is 30.0 Å². The van der Waals surface area contributed by atoms with Crippen molar-refractivity contribution in [3.63, 3.8) is 0 Å². The number of aromatic amines is 1. The van der Waals surface area contributed by atoms with Crippen LogP contribution in [0, 0.1) is 5.92 Å². The fourth-order valence-electron chi connectivity index (χ4n) is 3.56. The first-order valence-electron chi connectivity index (χ1n) is 8.09. The van der Waals surface area contributed by atoms with E-state index in [0.29, 0.717) is 5.92 Å². The molecule has 2 aromatic rings. The van der Waals surface area contributed by atoms with Crippen molar-refractivity contribution in [2.45, 2.75) is 12.8 Å². The molecule has 2 aliphatic heterocycles. The van der Waals surface area contributed by atoms with Crippen LogP contribution >= 0.6 is 0 Å². The van der Waals surface area contributed by atoms with Crippen LogP contribution in [0.15, 0.2) is 12.5 Å². The first-order chi connectivity index (χ1) is 10.9. The summed E-state index contributed by atoms with van der Waals surface area (Å²) in [6, 6.07) is 0. The lowest BCUT2D eigenvalue weighted by molar-refractivity contribution is 0.0296. The van der Waals surface area contributed by atoms with Crippen LogP contribution in [0.5, 0.6) is 0 Å². The van der Waals surface area contributed by atoms with E-state index in [1.54, 1.807) is 6.33 Å². The van der Waals surface area contributed by atoms with E-state index < -0.39 is 0 Å². The molecular weight excluding hydrogens is 280 g/mol. The number of nitrogens with zero attached hydrogens (tertiary/aromatic N) is 5. The third-order valence-electron chi connectivity index (χ3n) is 4.67. The fourth-order valence-corrected chi connectivity index (χ4v) is 3.56. The number of hydrogen-bond acceptors (Lipinski definition) is 6. The quantitative estimate of drug-likeness (QED) is 0.908. The fraction of sp³-hybridized carbons (Fsp3) is 0.667. The largest absolute Gasteiger partial charge is 0.379 e. The van der Waals surface area contributed by atoms with Crippen molar-refractivity contribution in [2.24, 2.45) is 5.92 Å². The van der Waals surface area contributed by atoms with Gasteiger partial charge in [0.2, 0.25) is 0 Å². The first-order valence-corrected chi connectivity index (χ1v) is 8.09. The lowest BCUT2D eigenvalue weighted by atomic mass is 9.97. The van der Waals surface area contributed by atoms with Crippen LogP contribution in [-0.4, -0.2) is 71.0 Å². The summed E-state index contributed by atoms with van der Waals surface area (Å²) in [7, 11) is 0. The predicted octanol–water partition coefficient (Wildman–Crippen LogP) is 0.901. The molecule has 0 spiro atoms. The maximum atomic E-state index is 5.44. The summed E-state index contributed by atoms with van der Waals surface area (Å²) in [5, 5.41) is 8.04. The highest BCUT2D eigenvalue weighted by atomic mass is 16.5. The van der Waals surface area contributed by atoms with Crippen LogP contribution in [0.3, 0.4) is 0 Å². The summed E-state index contributed by atoms with van der Waals surface area (Å²) in [6.07, 6.45) is 5.98. The molecule has 1 atom stereocenters. The van der Waals surface area contributed by atoms with E-state index >= 15 is 0 Å². The highest BCUT2D eigenvalue weighted by molar-refractivity contribution is 5.86. The van der Waals surface area contributed by atoms with Gasteiger partial charge in [0.1, 0.15) is 12.1 Å². The average molecular weight is 302 g/mol. The normalized spacial score (nSPS) is 24.0. The maximum absolute atomic E-state index is 5.44. The van der Waals surface area contributed by atoms with Gasteiger partial charge in [0, 0.05) is 32.7 Å². The number of hydrogen-bond donors (Lipinski definition) is 1. The Morgan fingerprint density at radius 2 is 2.14 bits per heavy atom. The zero-order chi connectivity index (χ0) is 14.8. The highest BCUT2D eigenvalue weighted by Gasteiger charge is 2.25. The van der Waals surface area contributed by atoms with E-state index in [1.165, 1.54) is 19.4 Å². The minimum atomic E-state index is 0.698. The number of ether oxygens (including phenoxy) is 1. The summed E-state index contributed by atoms with van der Waals surface area (Å²) >= 11 is 0. The number of fused-ring (bicyclic) bond motifs is 1. The van der Waals surface area contributed by atoms with Gasteiger partial charge in [-0.2, -0.15) is 5.10 Å². The Balaban J connectivity index is 1.47.